The molecule has 0 aliphatic heterocycles. The molecule has 4 nitrogen and oxygen atoms in total. The van der Waals surface area contributed by atoms with Gasteiger partial charge in [0.1, 0.15) is 5.01 Å². The fourth-order valence-electron chi connectivity index (χ4n) is 1.89. The number of nitrogens with zero attached hydrogens (tertiary/aromatic N) is 2. The molecular formula is C17H21N3OS. The lowest BCUT2D eigenvalue weighted by atomic mass is 9.93. The van der Waals surface area contributed by atoms with Crippen molar-refractivity contribution < 1.29 is 4.79 Å². The van der Waals surface area contributed by atoms with E-state index in [1.165, 1.54) is 11.3 Å². The van der Waals surface area contributed by atoms with Crippen LogP contribution in [0.15, 0.2) is 35.9 Å². The van der Waals surface area contributed by atoms with Crippen LogP contribution >= 0.6 is 11.3 Å². The average molecular weight is 315 g/mol. The van der Waals surface area contributed by atoms with Crippen molar-refractivity contribution in [3.05, 3.63) is 46.5 Å². The van der Waals surface area contributed by atoms with Crippen molar-refractivity contribution in [1.82, 2.24) is 10.2 Å². The molecular weight excluding hydrogens is 294 g/mol. The number of nitrogens with one attached hydrogen (secondary N) is 1. The van der Waals surface area contributed by atoms with Gasteiger partial charge in [0.15, 0.2) is 0 Å². The van der Waals surface area contributed by atoms with Crippen molar-refractivity contribution in [1.29, 1.82) is 0 Å². The molecule has 0 fully saturated rings. The first kappa shape index (κ1) is 16.4. The van der Waals surface area contributed by atoms with E-state index in [9.17, 15) is 4.79 Å². The molecule has 1 amide bonds. The van der Waals surface area contributed by atoms with Gasteiger partial charge in [-0.25, -0.2) is 0 Å². The molecule has 1 aromatic heterocycles. The van der Waals surface area contributed by atoms with E-state index in [4.69, 9.17) is 0 Å². The molecule has 22 heavy (non-hydrogen) atoms. The summed E-state index contributed by atoms with van der Waals surface area (Å²) < 4.78 is 0. The van der Waals surface area contributed by atoms with Gasteiger partial charge in [-0.05, 0) is 24.0 Å². The summed E-state index contributed by atoms with van der Waals surface area (Å²) in [7, 11) is 0. The zero-order valence-corrected chi connectivity index (χ0v) is 14.2. The monoisotopic (exact) mass is 315 g/mol. The van der Waals surface area contributed by atoms with Gasteiger partial charge in [0.2, 0.25) is 5.13 Å². The average Bonchev–Trinajstić information content (AvgIpc) is 2.84. The van der Waals surface area contributed by atoms with E-state index in [1.807, 2.05) is 36.4 Å². The third-order valence-corrected chi connectivity index (χ3v) is 3.75. The largest absolute Gasteiger partial charge is 0.297 e. The molecule has 0 bridgehead atoms. The molecule has 0 saturated heterocycles. The van der Waals surface area contributed by atoms with Crippen LogP contribution < -0.4 is 5.32 Å². The summed E-state index contributed by atoms with van der Waals surface area (Å²) in [5, 5.41) is 12.5. The van der Waals surface area contributed by atoms with E-state index < -0.39 is 0 Å². The second-order valence-electron chi connectivity index (χ2n) is 6.43. The molecule has 1 N–H and O–H groups in total. The molecule has 0 aliphatic carbocycles. The summed E-state index contributed by atoms with van der Waals surface area (Å²) in [6.07, 6.45) is 2.70. The zero-order chi connectivity index (χ0) is 16.2. The Morgan fingerprint density at radius 2 is 1.91 bits per heavy atom. The lowest BCUT2D eigenvalue weighted by molar-refractivity contribution is -0.112. The van der Waals surface area contributed by atoms with E-state index in [0.717, 1.165) is 17.0 Å². The maximum atomic E-state index is 12.2. The standard InChI is InChI=1S/C17H21N3OS/c1-12(10-13-8-6-5-7-9-13)15(21)18-16-20-19-14(22-16)11-17(2,3)4/h5-10H,11H2,1-4H3,(H,18,20,21). The van der Waals surface area contributed by atoms with Gasteiger partial charge < -0.3 is 0 Å². The second-order valence-corrected chi connectivity index (χ2v) is 7.49. The molecule has 1 heterocycles. The fraction of sp³-hybridized carbons (Fsp3) is 0.353. The highest BCUT2D eigenvalue weighted by Gasteiger charge is 2.16. The number of hydrogen-bond acceptors (Lipinski definition) is 4. The minimum absolute atomic E-state index is 0.151. The molecule has 1 aromatic carbocycles. The number of carbonyl (C=O) groups excluding carboxylic acids is 1. The van der Waals surface area contributed by atoms with Gasteiger partial charge in [0.05, 0.1) is 0 Å². The fourth-order valence-corrected chi connectivity index (χ4v) is 2.93. The Bertz CT molecular complexity index is 669. The third kappa shape index (κ3) is 5.07. The Hall–Kier alpha value is -2.01. The van der Waals surface area contributed by atoms with E-state index in [1.54, 1.807) is 6.92 Å². The first-order valence-corrected chi connectivity index (χ1v) is 8.02. The molecule has 2 rings (SSSR count). The molecule has 5 heteroatoms. The molecule has 0 atom stereocenters. The van der Waals surface area contributed by atoms with E-state index in [-0.39, 0.29) is 11.3 Å². The van der Waals surface area contributed by atoms with Crippen molar-refractivity contribution >= 4 is 28.5 Å². The summed E-state index contributed by atoms with van der Waals surface area (Å²) in [6.45, 7) is 8.25. The molecule has 0 unspecified atom stereocenters. The van der Waals surface area contributed by atoms with Crippen molar-refractivity contribution in [2.75, 3.05) is 5.32 Å². The number of benzene rings is 1. The van der Waals surface area contributed by atoms with Crippen LogP contribution in [-0.4, -0.2) is 16.1 Å². The van der Waals surface area contributed by atoms with Gasteiger partial charge in [-0.15, -0.1) is 10.2 Å². The van der Waals surface area contributed by atoms with Crippen molar-refractivity contribution in [3.63, 3.8) is 0 Å². The number of carbonyl (C=O) groups is 1. The summed E-state index contributed by atoms with van der Waals surface area (Å²) in [5.74, 6) is -0.151. The Morgan fingerprint density at radius 3 is 2.55 bits per heavy atom. The van der Waals surface area contributed by atoms with Gasteiger partial charge in [-0.3, -0.25) is 10.1 Å². The van der Waals surface area contributed by atoms with Crippen molar-refractivity contribution in [3.8, 4) is 0 Å². The number of amides is 1. The maximum Gasteiger partial charge on any atom is 0.253 e. The molecule has 2 aromatic rings. The molecule has 0 aliphatic rings. The van der Waals surface area contributed by atoms with E-state index in [0.29, 0.717) is 10.7 Å². The van der Waals surface area contributed by atoms with Crippen molar-refractivity contribution in [2.45, 2.75) is 34.1 Å². The summed E-state index contributed by atoms with van der Waals surface area (Å²) in [4.78, 5) is 12.2. The molecule has 116 valence electrons. The highest BCUT2D eigenvalue weighted by Crippen LogP contribution is 2.25. The third-order valence-electron chi connectivity index (χ3n) is 2.91. The highest BCUT2D eigenvalue weighted by molar-refractivity contribution is 7.15. The van der Waals surface area contributed by atoms with Crippen molar-refractivity contribution in [2.24, 2.45) is 5.41 Å². The van der Waals surface area contributed by atoms with Gasteiger partial charge >= 0.3 is 0 Å². The van der Waals surface area contributed by atoms with Crippen LogP contribution in [0.5, 0.6) is 0 Å². The Morgan fingerprint density at radius 1 is 1.23 bits per heavy atom. The zero-order valence-electron chi connectivity index (χ0n) is 13.4. The summed E-state index contributed by atoms with van der Waals surface area (Å²) in [6, 6.07) is 9.76. The minimum atomic E-state index is -0.151. The number of anilines is 1. The van der Waals surface area contributed by atoms with Crippen LogP contribution in [0.1, 0.15) is 38.3 Å². The minimum Gasteiger partial charge on any atom is -0.297 e. The molecule has 0 spiro atoms. The quantitative estimate of drug-likeness (QED) is 0.862. The van der Waals surface area contributed by atoms with Gasteiger partial charge in [0.25, 0.3) is 5.91 Å². The van der Waals surface area contributed by atoms with Gasteiger partial charge in [-0.1, -0.05) is 62.4 Å². The molecule has 0 saturated carbocycles. The Balaban J connectivity index is 2.01. The Kier molecular flexibility index (Phi) is 5.08. The van der Waals surface area contributed by atoms with E-state index >= 15 is 0 Å². The van der Waals surface area contributed by atoms with Crippen LogP contribution in [0.2, 0.25) is 0 Å². The normalized spacial score (nSPS) is 12.3. The van der Waals surface area contributed by atoms with Crippen LogP contribution in [0, 0.1) is 5.41 Å². The summed E-state index contributed by atoms with van der Waals surface area (Å²) >= 11 is 1.43. The first-order chi connectivity index (χ1) is 10.3. The summed E-state index contributed by atoms with van der Waals surface area (Å²) in [5.41, 5.74) is 1.80. The lowest BCUT2D eigenvalue weighted by Crippen LogP contribution is -2.12. The molecule has 0 radical (unpaired) electrons. The highest BCUT2D eigenvalue weighted by atomic mass is 32.1. The van der Waals surface area contributed by atoms with Gasteiger partial charge in [-0.2, -0.15) is 0 Å². The first-order valence-electron chi connectivity index (χ1n) is 7.20. The van der Waals surface area contributed by atoms with Gasteiger partial charge in [0, 0.05) is 12.0 Å². The number of rotatable bonds is 4. The predicted octanol–water partition coefficient (Wildman–Crippen LogP) is 4.17. The number of hydrogen-bond donors (Lipinski definition) is 1. The van der Waals surface area contributed by atoms with Crippen LogP contribution in [0.25, 0.3) is 6.08 Å². The Labute approximate surface area is 135 Å². The number of aromatic nitrogens is 2. The van der Waals surface area contributed by atoms with Crippen LogP contribution in [-0.2, 0) is 11.2 Å². The topological polar surface area (TPSA) is 54.9 Å². The van der Waals surface area contributed by atoms with Crippen LogP contribution in [0.3, 0.4) is 0 Å². The van der Waals surface area contributed by atoms with Crippen LogP contribution in [0.4, 0.5) is 5.13 Å². The predicted molar refractivity (Wildman–Crippen MR) is 91.8 cm³/mol. The van der Waals surface area contributed by atoms with E-state index in [2.05, 4.69) is 36.3 Å². The lowest BCUT2D eigenvalue weighted by Gasteiger charge is -2.14. The maximum absolute atomic E-state index is 12.2. The second kappa shape index (κ2) is 6.83. The smallest absolute Gasteiger partial charge is 0.253 e. The SMILES string of the molecule is CC(=Cc1ccccc1)C(=O)Nc1nnc(CC(C)(C)C)s1.